The molecule has 0 radical (unpaired) electrons. The third-order valence-electron chi connectivity index (χ3n) is 3.56. The van der Waals surface area contributed by atoms with Crippen molar-refractivity contribution in [2.24, 2.45) is 7.05 Å². The predicted octanol–water partition coefficient (Wildman–Crippen LogP) is 2.41. The molecule has 0 saturated heterocycles. The van der Waals surface area contributed by atoms with Crippen LogP contribution in [0.1, 0.15) is 31.3 Å². The molecule has 0 aliphatic rings. The molecule has 6 heteroatoms. The van der Waals surface area contributed by atoms with Crippen LogP contribution in [-0.4, -0.2) is 44.9 Å². The number of rotatable bonds is 7. The first-order valence-corrected chi connectivity index (χ1v) is 7.73. The number of hydrogen-bond acceptors (Lipinski definition) is 3. The van der Waals surface area contributed by atoms with Gasteiger partial charge in [-0.2, -0.15) is 5.10 Å². The number of unbranched alkanes of at least 4 members (excludes halogenated alkanes) is 1. The van der Waals surface area contributed by atoms with Crippen molar-refractivity contribution in [2.75, 3.05) is 20.6 Å². The molecule has 0 aliphatic heterocycles. The van der Waals surface area contributed by atoms with E-state index in [1.807, 2.05) is 11.7 Å². The minimum atomic E-state index is 0.450. The smallest absolute Gasteiger partial charge is 0.158 e. The van der Waals surface area contributed by atoms with Crippen LogP contribution in [0.15, 0.2) is 0 Å². The number of aryl methyl sites for hydroxylation is 3. The summed E-state index contributed by atoms with van der Waals surface area (Å²) in [5.74, 6) is 1.40. The van der Waals surface area contributed by atoms with E-state index in [9.17, 15) is 0 Å². The fourth-order valence-corrected chi connectivity index (χ4v) is 2.76. The van der Waals surface area contributed by atoms with Crippen LogP contribution in [0.25, 0.3) is 11.2 Å². The van der Waals surface area contributed by atoms with Crippen LogP contribution in [0.4, 0.5) is 0 Å². The van der Waals surface area contributed by atoms with Gasteiger partial charge in [-0.1, -0.05) is 6.92 Å². The Bertz CT molecular complexity index is 570. The Hall–Kier alpha value is -1.07. The van der Waals surface area contributed by atoms with Gasteiger partial charge in [0.15, 0.2) is 5.65 Å². The van der Waals surface area contributed by atoms with E-state index >= 15 is 0 Å². The Morgan fingerprint density at radius 2 is 2.00 bits per heavy atom. The molecule has 0 bridgehead atoms. The molecule has 0 N–H and O–H groups in total. The van der Waals surface area contributed by atoms with Crippen LogP contribution in [0.3, 0.4) is 0 Å². The molecular formula is C14H24ClN5. The van der Waals surface area contributed by atoms with Crippen LogP contribution in [0.5, 0.6) is 0 Å². The van der Waals surface area contributed by atoms with Gasteiger partial charge in [0, 0.05) is 13.6 Å². The van der Waals surface area contributed by atoms with Crippen molar-refractivity contribution in [3.63, 3.8) is 0 Å². The van der Waals surface area contributed by atoms with Crippen LogP contribution < -0.4 is 0 Å². The maximum atomic E-state index is 6.05. The maximum absolute atomic E-state index is 6.05. The van der Waals surface area contributed by atoms with Gasteiger partial charge in [0.25, 0.3) is 0 Å². The number of alkyl halides is 1. The van der Waals surface area contributed by atoms with Gasteiger partial charge >= 0.3 is 0 Å². The van der Waals surface area contributed by atoms with Gasteiger partial charge in [-0.05, 0) is 39.9 Å². The minimum absolute atomic E-state index is 0.450. The number of halogens is 1. The molecule has 112 valence electrons. The Balaban J connectivity index is 2.24. The molecule has 0 spiro atoms. The molecule has 0 aliphatic carbocycles. The standard InChI is InChI=1S/C14H24ClN5/c1-5-11-13-14(19(4)17-11)20(12(10-15)16-13)9-7-6-8-18(2)3/h5-10H2,1-4H3. The van der Waals surface area contributed by atoms with E-state index in [2.05, 4.69) is 40.6 Å². The van der Waals surface area contributed by atoms with Crippen molar-refractivity contribution in [2.45, 2.75) is 38.6 Å². The van der Waals surface area contributed by atoms with Crippen LogP contribution >= 0.6 is 11.6 Å². The summed E-state index contributed by atoms with van der Waals surface area (Å²) in [6.45, 7) is 4.17. The largest absolute Gasteiger partial charge is 0.312 e. The van der Waals surface area contributed by atoms with E-state index in [-0.39, 0.29) is 0 Å². The highest BCUT2D eigenvalue weighted by Gasteiger charge is 2.17. The average molecular weight is 298 g/mol. The first-order chi connectivity index (χ1) is 9.58. The summed E-state index contributed by atoms with van der Waals surface area (Å²) in [5.41, 5.74) is 3.17. The number of nitrogens with zero attached hydrogens (tertiary/aromatic N) is 5. The molecule has 2 aromatic rings. The minimum Gasteiger partial charge on any atom is -0.312 e. The van der Waals surface area contributed by atoms with E-state index < -0.39 is 0 Å². The second-order valence-corrected chi connectivity index (χ2v) is 5.69. The maximum Gasteiger partial charge on any atom is 0.158 e. The van der Waals surface area contributed by atoms with Crippen molar-refractivity contribution in [3.05, 3.63) is 11.5 Å². The normalized spacial score (nSPS) is 11.9. The van der Waals surface area contributed by atoms with E-state index in [0.29, 0.717) is 5.88 Å². The molecule has 2 aromatic heterocycles. The fraction of sp³-hybridized carbons (Fsp3) is 0.714. The Labute approximate surface area is 125 Å². The first kappa shape index (κ1) is 15.3. The number of aromatic nitrogens is 4. The fourth-order valence-electron chi connectivity index (χ4n) is 2.56. The lowest BCUT2D eigenvalue weighted by Crippen LogP contribution is -2.14. The van der Waals surface area contributed by atoms with Gasteiger partial charge in [-0.15, -0.1) is 11.6 Å². The summed E-state index contributed by atoms with van der Waals surface area (Å²) in [6, 6.07) is 0. The zero-order valence-corrected chi connectivity index (χ0v) is 13.6. The zero-order chi connectivity index (χ0) is 14.7. The highest BCUT2D eigenvalue weighted by atomic mass is 35.5. The van der Waals surface area contributed by atoms with Crippen molar-refractivity contribution in [1.82, 2.24) is 24.2 Å². The van der Waals surface area contributed by atoms with Crippen LogP contribution in [0, 0.1) is 0 Å². The third kappa shape index (κ3) is 2.99. The molecular weight excluding hydrogens is 274 g/mol. The first-order valence-electron chi connectivity index (χ1n) is 7.20. The van der Waals surface area contributed by atoms with Crippen molar-refractivity contribution >= 4 is 22.8 Å². The van der Waals surface area contributed by atoms with E-state index in [0.717, 1.165) is 48.6 Å². The van der Waals surface area contributed by atoms with E-state index in [1.165, 1.54) is 6.42 Å². The molecule has 5 nitrogen and oxygen atoms in total. The molecule has 2 heterocycles. The molecule has 0 atom stereocenters. The van der Waals surface area contributed by atoms with Gasteiger partial charge in [0.2, 0.25) is 0 Å². The lowest BCUT2D eigenvalue weighted by molar-refractivity contribution is 0.387. The SMILES string of the molecule is CCc1nn(C)c2c1nc(CCl)n2CCCCN(C)C. The average Bonchev–Trinajstić information content (AvgIpc) is 2.92. The number of fused-ring (bicyclic) bond motifs is 1. The predicted molar refractivity (Wildman–Crippen MR) is 83.2 cm³/mol. The van der Waals surface area contributed by atoms with E-state index in [1.54, 1.807) is 0 Å². The zero-order valence-electron chi connectivity index (χ0n) is 12.9. The highest BCUT2D eigenvalue weighted by molar-refractivity contribution is 6.16. The second-order valence-electron chi connectivity index (χ2n) is 5.42. The molecule has 0 amide bonds. The van der Waals surface area contributed by atoms with Crippen molar-refractivity contribution in [1.29, 1.82) is 0 Å². The number of hydrogen-bond donors (Lipinski definition) is 0. The molecule has 2 rings (SSSR count). The Morgan fingerprint density at radius 3 is 2.60 bits per heavy atom. The molecule has 0 unspecified atom stereocenters. The Morgan fingerprint density at radius 1 is 1.25 bits per heavy atom. The summed E-state index contributed by atoms with van der Waals surface area (Å²) in [6.07, 6.45) is 3.20. The van der Waals surface area contributed by atoms with Crippen LogP contribution in [-0.2, 0) is 25.9 Å². The summed E-state index contributed by atoms with van der Waals surface area (Å²) in [5, 5.41) is 4.54. The molecule has 0 fully saturated rings. The van der Waals surface area contributed by atoms with Gasteiger partial charge in [-0.3, -0.25) is 4.68 Å². The highest BCUT2D eigenvalue weighted by Crippen LogP contribution is 2.21. The number of imidazole rings is 1. The monoisotopic (exact) mass is 297 g/mol. The quantitative estimate of drug-likeness (QED) is 0.582. The van der Waals surface area contributed by atoms with Crippen molar-refractivity contribution < 1.29 is 0 Å². The van der Waals surface area contributed by atoms with Gasteiger partial charge < -0.3 is 9.47 Å². The van der Waals surface area contributed by atoms with Crippen molar-refractivity contribution in [3.8, 4) is 0 Å². The summed E-state index contributed by atoms with van der Waals surface area (Å²) in [7, 11) is 6.19. The van der Waals surface area contributed by atoms with Gasteiger partial charge in [-0.25, -0.2) is 4.98 Å². The second kappa shape index (κ2) is 6.59. The molecule has 20 heavy (non-hydrogen) atoms. The summed E-state index contributed by atoms with van der Waals surface area (Å²) < 4.78 is 4.16. The van der Waals surface area contributed by atoms with Gasteiger partial charge in [0.05, 0.1) is 11.6 Å². The Kier molecular flexibility index (Phi) is 5.05. The lowest BCUT2D eigenvalue weighted by Gasteiger charge is -2.11. The van der Waals surface area contributed by atoms with Gasteiger partial charge in [0.1, 0.15) is 11.3 Å². The summed E-state index contributed by atoms with van der Waals surface area (Å²) >= 11 is 6.05. The molecule has 0 aromatic carbocycles. The topological polar surface area (TPSA) is 38.9 Å². The van der Waals surface area contributed by atoms with Crippen LogP contribution in [0.2, 0.25) is 0 Å². The summed E-state index contributed by atoms with van der Waals surface area (Å²) in [4.78, 5) is 6.89. The lowest BCUT2D eigenvalue weighted by atomic mass is 10.3. The van der Waals surface area contributed by atoms with E-state index in [4.69, 9.17) is 11.6 Å². The third-order valence-corrected chi connectivity index (χ3v) is 3.80. The molecule has 0 saturated carbocycles.